The molecule has 0 aromatic heterocycles. The highest BCUT2D eigenvalue weighted by Crippen LogP contribution is 2.28. The van der Waals surface area contributed by atoms with Crippen LogP contribution in [0.5, 0.6) is 0 Å². The fourth-order valence-corrected chi connectivity index (χ4v) is 2.89. The van der Waals surface area contributed by atoms with Crippen molar-refractivity contribution in [3.63, 3.8) is 0 Å². The number of rotatable bonds is 5. The minimum absolute atomic E-state index is 0.0474. The third-order valence-corrected chi connectivity index (χ3v) is 4.22. The van der Waals surface area contributed by atoms with Crippen LogP contribution in [0.3, 0.4) is 0 Å². The Morgan fingerprint density at radius 3 is 1.72 bits per heavy atom. The third kappa shape index (κ3) is 3.48. The zero-order valence-electron chi connectivity index (χ0n) is 14.0. The van der Waals surface area contributed by atoms with Crippen LogP contribution in [-0.2, 0) is 4.79 Å². The van der Waals surface area contributed by atoms with Crippen molar-refractivity contribution in [1.29, 1.82) is 0 Å². The lowest BCUT2D eigenvalue weighted by molar-refractivity contribution is -0.103. The molecule has 0 saturated heterocycles. The molecule has 0 fully saturated rings. The maximum atomic E-state index is 12.9. The Bertz CT molecular complexity index is 923. The normalized spacial score (nSPS) is 11.6. The van der Waals surface area contributed by atoms with E-state index in [1.54, 1.807) is 12.1 Å². The van der Waals surface area contributed by atoms with Crippen LogP contribution in [0.25, 0.3) is 11.1 Å². The standard InChI is InChI=1S/C23H18O2/c1-17(22(16-24)18-10-4-2-5-11-18)20-14-8-9-15-21(20)23(25)19-12-6-3-7-13-19/h2-16H,1H3/b22-17+. The van der Waals surface area contributed by atoms with E-state index in [4.69, 9.17) is 0 Å². The maximum absolute atomic E-state index is 12.9. The van der Waals surface area contributed by atoms with Gasteiger partial charge in [0.1, 0.15) is 0 Å². The summed E-state index contributed by atoms with van der Waals surface area (Å²) in [5, 5.41) is 0. The van der Waals surface area contributed by atoms with Crippen LogP contribution in [0.15, 0.2) is 84.9 Å². The predicted molar refractivity (Wildman–Crippen MR) is 101 cm³/mol. The smallest absolute Gasteiger partial charge is 0.193 e. The lowest BCUT2D eigenvalue weighted by Crippen LogP contribution is -2.05. The zero-order valence-corrected chi connectivity index (χ0v) is 14.0. The van der Waals surface area contributed by atoms with Crippen LogP contribution in [0.2, 0.25) is 0 Å². The Labute approximate surface area is 147 Å². The van der Waals surface area contributed by atoms with Gasteiger partial charge in [0, 0.05) is 16.7 Å². The van der Waals surface area contributed by atoms with Crippen molar-refractivity contribution in [2.24, 2.45) is 0 Å². The van der Waals surface area contributed by atoms with E-state index in [1.807, 2.05) is 79.7 Å². The van der Waals surface area contributed by atoms with Crippen LogP contribution in [0.4, 0.5) is 0 Å². The lowest BCUT2D eigenvalue weighted by atomic mass is 9.90. The summed E-state index contributed by atoms with van der Waals surface area (Å²) in [6.45, 7) is 1.88. The Hall–Kier alpha value is -3.26. The van der Waals surface area contributed by atoms with Crippen molar-refractivity contribution < 1.29 is 9.59 Å². The Kier molecular flexibility index (Phi) is 5.00. The number of benzene rings is 3. The monoisotopic (exact) mass is 326 g/mol. The van der Waals surface area contributed by atoms with Crippen molar-refractivity contribution in [2.45, 2.75) is 6.92 Å². The van der Waals surface area contributed by atoms with Gasteiger partial charge in [0.25, 0.3) is 0 Å². The fraction of sp³-hybridized carbons (Fsp3) is 0.0435. The molecule has 25 heavy (non-hydrogen) atoms. The van der Waals surface area contributed by atoms with Gasteiger partial charge in [-0.15, -0.1) is 0 Å². The highest BCUT2D eigenvalue weighted by Gasteiger charge is 2.16. The van der Waals surface area contributed by atoms with E-state index in [2.05, 4.69) is 0 Å². The largest absolute Gasteiger partial charge is 0.298 e. The van der Waals surface area contributed by atoms with E-state index in [9.17, 15) is 9.59 Å². The highest BCUT2D eigenvalue weighted by atomic mass is 16.1. The summed E-state index contributed by atoms with van der Waals surface area (Å²) in [6.07, 6.45) is 0.856. The average Bonchev–Trinajstić information content (AvgIpc) is 2.69. The molecule has 3 aromatic rings. The quantitative estimate of drug-likeness (QED) is 0.285. The minimum atomic E-state index is -0.0474. The van der Waals surface area contributed by atoms with Crippen LogP contribution in [0, 0.1) is 0 Å². The van der Waals surface area contributed by atoms with E-state index >= 15 is 0 Å². The molecule has 0 radical (unpaired) electrons. The van der Waals surface area contributed by atoms with Crippen LogP contribution in [0.1, 0.15) is 34.0 Å². The summed E-state index contributed by atoms with van der Waals surface area (Å²) in [5.74, 6) is -0.0474. The number of ketones is 1. The van der Waals surface area contributed by atoms with E-state index in [0.717, 1.165) is 23.0 Å². The fourth-order valence-electron chi connectivity index (χ4n) is 2.89. The number of aldehydes is 1. The molecule has 0 amide bonds. The number of carbonyl (C=O) groups is 2. The first kappa shape index (κ1) is 16.6. The first-order valence-electron chi connectivity index (χ1n) is 8.13. The Balaban J connectivity index is 2.14. The van der Waals surface area contributed by atoms with Gasteiger partial charge in [-0.3, -0.25) is 9.59 Å². The summed E-state index contributed by atoms with van der Waals surface area (Å²) in [5.41, 5.74) is 4.24. The Morgan fingerprint density at radius 1 is 0.680 bits per heavy atom. The molecule has 0 unspecified atom stereocenters. The summed E-state index contributed by atoms with van der Waals surface area (Å²) in [7, 11) is 0. The van der Waals surface area contributed by atoms with Gasteiger partial charge in [-0.1, -0.05) is 84.9 Å². The van der Waals surface area contributed by atoms with Crippen molar-refractivity contribution in [2.75, 3.05) is 0 Å². The van der Waals surface area contributed by atoms with Gasteiger partial charge >= 0.3 is 0 Å². The zero-order chi connectivity index (χ0) is 17.6. The molecule has 0 atom stereocenters. The summed E-state index contributed by atoms with van der Waals surface area (Å²) < 4.78 is 0. The minimum Gasteiger partial charge on any atom is -0.298 e. The number of hydrogen-bond donors (Lipinski definition) is 0. The first-order valence-corrected chi connectivity index (χ1v) is 8.13. The molecule has 0 heterocycles. The lowest BCUT2D eigenvalue weighted by Gasteiger charge is -2.12. The number of allylic oxidation sites excluding steroid dienone is 2. The first-order chi connectivity index (χ1) is 12.2. The third-order valence-electron chi connectivity index (χ3n) is 4.22. The topological polar surface area (TPSA) is 34.1 Å². The molecule has 0 bridgehead atoms. The van der Waals surface area contributed by atoms with Gasteiger partial charge in [-0.05, 0) is 23.6 Å². The molecule has 0 spiro atoms. The average molecular weight is 326 g/mol. The molecular formula is C23H18O2. The second-order valence-electron chi connectivity index (χ2n) is 5.76. The molecule has 0 aliphatic heterocycles. The summed E-state index contributed by atoms with van der Waals surface area (Å²) >= 11 is 0. The molecule has 2 heteroatoms. The highest BCUT2D eigenvalue weighted by molar-refractivity contribution is 6.19. The van der Waals surface area contributed by atoms with Gasteiger partial charge in [-0.25, -0.2) is 0 Å². The van der Waals surface area contributed by atoms with Gasteiger partial charge in [0.05, 0.1) is 0 Å². The molecule has 2 nitrogen and oxygen atoms in total. The maximum Gasteiger partial charge on any atom is 0.193 e. The second-order valence-corrected chi connectivity index (χ2v) is 5.76. The van der Waals surface area contributed by atoms with E-state index < -0.39 is 0 Å². The van der Waals surface area contributed by atoms with Gasteiger partial charge in [0.15, 0.2) is 12.1 Å². The molecular weight excluding hydrogens is 308 g/mol. The predicted octanol–water partition coefficient (Wildman–Crippen LogP) is 5.05. The number of hydrogen-bond acceptors (Lipinski definition) is 2. The Morgan fingerprint density at radius 2 is 1.16 bits per heavy atom. The van der Waals surface area contributed by atoms with Crippen LogP contribution in [-0.4, -0.2) is 12.1 Å². The summed E-state index contributed by atoms with van der Waals surface area (Å²) in [4.78, 5) is 24.6. The molecule has 3 rings (SSSR count). The SMILES string of the molecule is C/C(=C(/C=O)c1ccccc1)c1ccccc1C(=O)c1ccccc1. The van der Waals surface area contributed by atoms with Gasteiger partial charge in [-0.2, -0.15) is 0 Å². The van der Waals surface area contributed by atoms with Crippen LogP contribution >= 0.6 is 0 Å². The summed E-state index contributed by atoms with van der Waals surface area (Å²) in [6, 6.07) is 26.1. The molecule has 122 valence electrons. The van der Waals surface area contributed by atoms with Gasteiger partial charge in [0.2, 0.25) is 0 Å². The molecule has 0 saturated carbocycles. The van der Waals surface area contributed by atoms with E-state index in [1.165, 1.54) is 0 Å². The van der Waals surface area contributed by atoms with Crippen LogP contribution < -0.4 is 0 Å². The van der Waals surface area contributed by atoms with E-state index in [0.29, 0.717) is 16.7 Å². The molecule has 0 N–H and O–H groups in total. The molecule has 0 aliphatic rings. The second kappa shape index (κ2) is 7.54. The number of carbonyl (C=O) groups excluding carboxylic acids is 2. The molecule has 3 aromatic carbocycles. The van der Waals surface area contributed by atoms with Gasteiger partial charge < -0.3 is 0 Å². The molecule has 0 aliphatic carbocycles. The van der Waals surface area contributed by atoms with Crippen molar-refractivity contribution in [1.82, 2.24) is 0 Å². The van der Waals surface area contributed by atoms with E-state index in [-0.39, 0.29) is 5.78 Å². The van der Waals surface area contributed by atoms with Crippen molar-refractivity contribution in [3.05, 3.63) is 107 Å². The van der Waals surface area contributed by atoms with Crippen molar-refractivity contribution >= 4 is 23.2 Å². The van der Waals surface area contributed by atoms with Crippen molar-refractivity contribution in [3.8, 4) is 0 Å².